The lowest BCUT2D eigenvalue weighted by molar-refractivity contribution is 1.10. The van der Waals surface area contributed by atoms with Gasteiger partial charge in [0, 0.05) is 27.6 Å². The Labute approximate surface area is 234 Å². The highest BCUT2D eigenvalue weighted by Crippen LogP contribution is 2.36. The number of nitrogens with zero attached hydrogens (tertiary/aromatic N) is 2. The molecule has 0 unspecified atom stereocenters. The molecular formula is C35H20N2S2. The summed E-state index contributed by atoms with van der Waals surface area (Å²) in [5.41, 5.74) is 6.07. The molecule has 3 aromatic heterocycles. The van der Waals surface area contributed by atoms with Crippen LogP contribution in [-0.2, 0) is 0 Å². The number of nitriles is 1. The van der Waals surface area contributed by atoms with Crippen molar-refractivity contribution in [3.8, 4) is 44.7 Å². The third-order valence-electron chi connectivity index (χ3n) is 6.93. The Hall–Kier alpha value is -4.87. The molecule has 0 fully saturated rings. The Morgan fingerprint density at radius 2 is 1.03 bits per heavy atom. The normalized spacial score (nSPS) is 10.8. The molecule has 4 aromatic carbocycles. The van der Waals surface area contributed by atoms with Crippen molar-refractivity contribution >= 4 is 44.2 Å². The molecular weight excluding hydrogens is 513 g/mol. The fourth-order valence-corrected chi connectivity index (χ4v) is 6.64. The molecule has 0 N–H and O–H groups in total. The van der Waals surface area contributed by atoms with Crippen LogP contribution in [0.4, 0.5) is 0 Å². The molecule has 0 aliphatic heterocycles. The van der Waals surface area contributed by atoms with Gasteiger partial charge in [0.2, 0.25) is 0 Å². The SMILES string of the molecule is N#Cc1c2ccccc2c(C#Cc2ccc(-n3c(-c4cccs4)ccc3-c3cccs3)cc2)c2ccccc12. The second-order valence-electron chi connectivity index (χ2n) is 9.14. The van der Waals surface area contributed by atoms with Gasteiger partial charge in [0.25, 0.3) is 0 Å². The van der Waals surface area contributed by atoms with Gasteiger partial charge in [-0.05, 0) is 70.1 Å². The summed E-state index contributed by atoms with van der Waals surface area (Å²) in [4.78, 5) is 2.47. The lowest BCUT2D eigenvalue weighted by Crippen LogP contribution is -1.98. The minimum absolute atomic E-state index is 0.700. The van der Waals surface area contributed by atoms with Gasteiger partial charge in [-0.15, -0.1) is 22.7 Å². The number of rotatable bonds is 3. The zero-order chi connectivity index (χ0) is 26.2. The molecule has 0 saturated carbocycles. The molecule has 39 heavy (non-hydrogen) atoms. The van der Waals surface area contributed by atoms with E-state index in [1.807, 2.05) is 36.4 Å². The number of aromatic nitrogens is 1. The van der Waals surface area contributed by atoms with E-state index in [1.165, 1.54) is 21.1 Å². The van der Waals surface area contributed by atoms with Crippen LogP contribution in [0.5, 0.6) is 0 Å². The van der Waals surface area contributed by atoms with E-state index >= 15 is 0 Å². The van der Waals surface area contributed by atoms with Crippen LogP contribution in [0.2, 0.25) is 0 Å². The van der Waals surface area contributed by atoms with Gasteiger partial charge in [-0.3, -0.25) is 0 Å². The summed E-state index contributed by atoms with van der Waals surface area (Å²) < 4.78 is 2.33. The average molecular weight is 533 g/mol. The highest BCUT2D eigenvalue weighted by Gasteiger charge is 2.15. The summed E-state index contributed by atoms with van der Waals surface area (Å²) in [6.45, 7) is 0. The van der Waals surface area contributed by atoms with Crippen LogP contribution in [0, 0.1) is 23.2 Å². The van der Waals surface area contributed by atoms with Gasteiger partial charge in [-0.25, -0.2) is 0 Å². The van der Waals surface area contributed by atoms with Gasteiger partial charge in [0.1, 0.15) is 6.07 Å². The van der Waals surface area contributed by atoms with E-state index in [9.17, 15) is 5.26 Å². The summed E-state index contributed by atoms with van der Waals surface area (Å²) in [7, 11) is 0. The number of benzene rings is 4. The maximum atomic E-state index is 9.91. The lowest BCUT2D eigenvalue weighted by Gasteiger charge is -2.12. The van der Waals surface area contributed by atoms with Gasteiger partial charge in [0.15, 0.2) is 0 Å². The van der Waals surface area contributed by atoms with Crippen LogP contribution in [0.15, 0.2) is 120 Å². The second-order valence-corrected chi connectivity index (χ2v) is 11.0. The Kier molecular flexibility index (Phi) is 5.83. The molecule has 182 valence electrons. The van der Waals surface area contributed by atoms with E-state index in [0.29, 0.717) is 5.56 Å². The van der Waals surface area contributed by atoms with Gasteiger partial charge in [-0.2, -0.15) is 5.26 Å². The lowest BCUT2D eigenvalue weighted by atomic mass is 9.92. The van der Waals surface area contributed by atoms with Gasteiger partial charge < -0.3 is 4.57 Å². The highest BCUT2D eigenvalue weighted by molar-refractivity contribution is 7.14. The van der Waals surface area contributed by atoms with Crippen LogP contribution in [-0.4, -0.2) is 4.57 Å². The molecule has 4 heteroatoms. The smallest absolute Gasteiger partial charge is 0.100 e. The van der Waals surface area contributed by atoms with Crippen molar-refractivity contribution in [3.05, 3.63) is 137 Å². The van der Waals surface area contributed by atoms with E-state index in [0.717, 1.165) is 38.4 Å². The average Bonchev–Trinajstić information content (AvgIpc) is 3.77. The van der Waals surface area contributed by atoms with E-state index in [4.69, 9.17) is 0 Å². The summed E-state index contributed by atoms with van der Waals surface area (Å²) in [6, 6.07) is 39.9. The predicted octanol–water partition coefficient (Wildman–Crippen LogP) is 9.51. The van der Waals surface area contributed by atoms with Crippen LogP contribution >= 0.6 is 22.7 Å². The molecule has 0 amide bonds. The Morgan fingerprint density at radius 1 is 0.513 bits per heavy atom. The zero-order valence-electron chi connectivity index (χ0n) is 20.8. The Balaban J connectivity index is 1.33. The number of fused-ring (bicyclic) bond motifs is 2. The summed E-state index contributed by atoms with van der Waals surface area (Å²) in [5.74, 6) is 6.86. The standard InChI is InChI=1S/C35H20N2S2/c36-23-31-28-9-3-1-7-26(28)30(27-8-2-4-10-29(27)31)18-15-24-13-16-25(17-14-24)37-32(34-11-5-21-38-34)19-20-33(37)35-12-6-22-39-35/h1-14,16-17,19-22H. The molecule has 0 aliphatic carbocycles. The van der Waals surface area contributed by atoms with Crippen molar-refractivity contribution in [2.45, 2.75) is 0 Å². The first-order chi connectivity index (χ1) is 19.3. The molecule has 0 radical (unpaired) electrons. The minimum atomic E-state index is 0.700. The fourth-order valence-electron chi connectivity index (χ4n) is 5.16. The zero-order valence-corrected chi connectivity index (χ0v) is 22.4. The monoisotopic (exact) mass is 532 g/mol. The number of hydrogen-bond donors (Lipinski definition) is 0. The predicted molar refractivity (Wildman–Crippen MR) is 165 cm³/mol. The summed E-state index contributed by atoms with van der Waals surface area (Å²) >= 11 is 3.50. The van der Waals surface area contributed by atoms with Crippen molar-refractivity contribution < 1.29 is 0 Å². The molecule has 2 nitrogen and oxygen atoms in total. The molecule has 0 spiro atoms. The number of thiophene rings is 2. The second kappa shape index (κ2) is 9.78. The number of hydrogen-bond acceptors (Lipinski definition) is 3. The highest BCUT2D eigenvalue weighted by atomic mass is 32.1. The van der Waals surface area contributed by atoms with Crippen molar-refractivity contribution in [3.63, 3.8) is 0 Å². The van der Waals surface area contributed by atoms with E-state index < -0.39 is 0 Å². The maximum absolute atomic E-state index is 9.91. The minimum Gasteiger partial charge on any atom is -0.308 e. The topological polar surface area (TPSA) is 28.7 Å². The third-order valence-corrected chi connectivity index (χ3v) is 8.71. The summed E-state index contributed by atoms with van der Waals surface area (Å²) in [5, 5.41) is 18.0. The van der Waals surface area contributed by atoms with Gasteiger partial charge in [0.05, 0.1) is 26.7 Å². The Bertz CT molecular complexity index is 1950. The molecule has 7 rings (SSSR count). The van der Waals surface area contributed by atoms with Crippen LogP contribution in [0.1, 0.15) is 16.7 Å². The van der Waals surface area contributed by atoms with Crippen LogP contribution < -0.4 is 0 Å². The van der Waals surface area contributed by atoms with Crippen LogP contribution in [0.3, 0.4) is 0 Å². The first-order valence-electron chi connectivity index (χ1n) is 12.6. The Morgan fingerprint density at radius 3 is 1.49 bits per heavy atom. The molecule has 3 heterocycles. The maximum Gasteiger partial charge on any atom is 0.100 e. The first-order valence-corrected chi connectivity index (χ1v) is 14.3. The largest absolute Gasteiger partial charge is 0.308 e. The van der Waals surface area contributed by atoms with E-state index in [2.05, 4.69) is 106 Å². The van der Waals surface area contributed by atoms with Crippen molar-refractivity contribution in [2.24, 2.45) is 0 Å². The first kappa shape index (κ1) is 23.3. The molecule has 0 bridgehead atoms. The van der Waals surface area contributed by atoms with Gasteiger partial charge >= 0.3 is 0 Å². The van der Waals surface area contributed by atoms with Crippen molar-refractivity contribution in [1.29, 1.82) is 5.26 Å². The quantitative estimate of drug-likeness (QED) is 0.165. The third kappa shape index (κ3) is 4.04. The van der Waals surface area contributed by atoms with E-state index in [-0.39, 0.29) is 0 Å². The molecule has 0 atom stereocenters. The molecule has 7 aromatic rings. The summed E-state index contributed by atoms with van der Waals surface area (Å²) in [6.07, 6.45) is 0. The van der Waals surface area contributed by atoms with Crippen molar-refractivity contribution in [1.82, 2.24) is 4.57 Å². The molecule has 0 saturated heterocycles. The van der Waals surface area contributed by atoms with E-state index in [1.54, 1.807) is 22.7 Å². The fraction of sp³-hybridized carbons (Fsp3) is 0. The van der Waals surface area contributed by atoms with Crippen molar-refractivity contribution in [2.75, 3.05) is 0 Å². The van der Waals surface area contributed by atoms with Gasteiger partial charge in [-0.1, -0.05) is 72.5 Å². The molecule has 0 aliphatic rings. The van der Waals surface area contributed by atoms with Crippen LogP contribution in [0.25, 0.3) is 48.4 Å².